The normalized spacial score (nSPS) is 16.3. The van der Waals surface area contributed by atoms with Gasteiger partial charge in [0.25, 0.3) is 0 Å². The molecule has 0 atom stereocenters. The van der Waals surface area contributed by atoms with E-state index >= 15 is 0 Å². The average Bonchev–Trinajstić information content (AvgIpc) is 2.79. The minimum atomic E-state index is -0.735. The monoisotopic (exact) mass is 172 g/mol. The summed E-state index contributed by atoms with van der Waals surface area (Å²) in [7, 11) is 0. The molecule has 0 aromatic rings. The summed E-state index contributed by atoms with van der Waals surface area (Å²) in [5, 5.41) is 8.31. The second kappa shape index (κ2) is 5.14. The molecule has 70 valence electrons. The summed E-state index contributed by atoms with van der Waals surface area (Å²) in [6, 6.07) is 0. The molecule has 3 heteroatoms. The lowest BCUT2D eigenvalue weighted by Crippen LogP contribution is -2.01. The van der Waals surface area contributed by atoms with Crippen molar-refractivity contribution in [3.8, 4) is 0 Å². The molecule has 0 aromatic heterocycles. The maximum atomic E-state index is 10.1. The van der Waals surface area contributed by atoms with Crippen LogP contribution in [-0.4, -0.2) is 24.3 Å². The molecule has 0 aromatic carbocycles. The third-order valence-corrected chi connectivity index (χ3v) is 2.05. The summed E-state index contributed by atoms with van der Waals surface area (Å²) in [5.41, 5.74) is 0. The van der Waals surface area contributed by atoms with E-state index in [0.29, 0.717) is 13.0 Å². The number of rotatable bonds is 7. The lowest BCUT2D eigenvalue weighted by atomic mass is 10.3. The Kier molecular flexibility index (Phi) is 4.08. The zero-order valence-electron chi connectivity index (χ0n) is 7.29. The van der Waals surface area contributed by atoms with Gasteiger partial charge in [0.15, 0.2) is 0 Å². The molecular formula is C9H16O3. The topological polar surface area (TPSA) is 46.5 Å². The van der Waals surface area contributed by atoms with Gasteiger partial charge in [0.05, 0.1) is 0 Å². The van der Waals surface area contributed by atoms with Crippen LogP contribution in [0.15, 0.2) is 0 Å². The Labute approximate surface area is 72.7 Å². The fraction of sp³-hybridized carbons (Fsp3) is 0.889. The summed E-state index contributed by atoms with van der Waals surface area (Å²) < 4.78 is 5.27. The fourth-order valence-electron chi connectivity index (χ4n) is 1.08. The van der Waals surface area contributed by atoms with E-state index in [2.05, 4.69) is 0 Å². The Balaban J connectivity index is 1.73. The van der Waals surface area contributed by atoms with Gasteiger partial charge in [0, 0.05) is 19.6 Å². The SMILES string of the molecule is O=C(O)CCCOCCC1CC1. The standard InChI is InChI=1S/C9H16O3/c10-9(11)2-1-6-12-7-5-8-3-4-8/h8H,1-7H2,(H,10,11). The first-order valence-corrected chi connectivity index (χ1v) is 4.58. The van der Waals surface area contributed by atoms with Crippen LogP contribution in [0, 0.1) is 5.92 Å². The Morgan fingerprint density at radius 3 is 2.75 bits per heavy atom. The molecule has 1 N–H and O–H groups in total. The van der Waals surface area contributed by atoms with Crippen molar-refractivity contribution in [2.24, 2.45) is 5.92 Å². The first-order chi connectivity index (χ1) is 5.79. The molecule has 3 nitrogen and oxygen atoms in total. The Morgan fingerprint density at radius 1 is 1.42 bits per heavy atom. The van der Waals surface area contributed by atoms with Gasteiger partial charge in [-0.15, -0.1) is 0 Å². The summed E-state index contributed by atoms with van der Waals surface area (Å²) in [5.74, 6) is 0.172. The van der Waals surface area contributed by atoms with Crippen LogP contribution in [0.4, 0.5) is 0 Å². The quantitative estimate of drug-likeness (QED) is 0.594. The third-order valence-electron chi connectivity index (χ3n) is 2.05. The highest BCUT2D eigenvalue weighted by Gasteiger charge is 2.20. The molecule has 1 aliphatic carbocycles. The molecule has 0 amide bonds. The van der Waals surface area contributed by atoms with Crippen molar-refractivity contribution in [3.63, 3.8) is 0 Å². The zero-order chi connectivity index (χ0) is 8.81. The number of aliphatic carboxylic acids is 1. The maximum absolute atomic E-state index is 10.1. The number of carboxylic acids is 1. The lowest BCUT2D eigenvalue weighted by molar-refractivity contribution is -0.137. The molecule has 0 saturated heterocycles. The molecule has 1 saturated carbocycles. The van der Waals surface area contributed by atoms with E-state index in [0.717, 1.165) is 18.9 Å². The highest BCUT2D eigenvalue weighted by Crippen LogP contribution is 2.32. The summed E-state index contributed by atoms with van der Waals surface area (Å²) in [6.07, 6.45) is 4.74. The predicted octanol–water partition coefficient (Wildman–Crippen LogP) is 1.67. The molecule has 1 rings (SSSR count). The van der Waals surface area contributed by atoms with Gasteiger partial charge in [-0.2, -0.15) is 0 Å². The molecule has 0 heterocycles. The van der Waals surface area contributed by atoms with E-state index < -0.39 is 5.97 Å². The molecular weight excluding hydrogens is 156 g/mol. The van der Waals surface area contributed by atoms with Gasteiger partial charge in [-0.1, -0.05) is 12.8 Å². The number of hydrogen-bond acceptors (Lipinski definition) is 2. The van der Waals surface area contributed by atoms with E-state index in [4.69, 9.17) is 9.84 Å². The number of carbonyl (C=O) groups is 1. The van der Waals surface area contributed by atoms with E-state index in [-0.39, 0.29) is 6.42 Å². The predicted molar refractivity (Wildman–Crippen MR) is 45.0 cm³/mol. The van der Waals surface area contributed by atoms with Gasteiger partial charge in [-0.25, -0.2) is 0 Å². The lowest BCUT2D eigenvalue weighted by Gasteiger charge is -2.00. The molecule has 0 unspecified atom stereocenters. The molecule has 12 heavy (non-hydrogen) atoms. The summed E-state index contributed by atoms with van der Waals surface area (Å²) in [6.45, 7) is 1.41. The Bertz CT molecular complexity index is 141. The van der Waals surface area contributed by atoms with Gasteiger partial charge in [-0.3, -0.25) is 4.79 Å². The van der Waals surface area contributed by atoms with Crippen LogP contribution in [0.25, 0.3) is 0 Å². The molecule has 0 radical (unpaired) electrons. The number of ether oxygens (including phenoxy) is 1. The molecule has 1 aliphatic rings. The summed E-state index contributed by atoms with van der Waals surface area (Å²) in [4.78, 5) is 10.1. The van der Waals surface area contributed by atoms with Crippen LogP contribution >= 0.6 is 0 Å². The minimum absolute atomic E-state index is 0.226. The molecule has 0 bridgehead atoms. The highest BCUT2D eigenvalue weighted by atomic mass is 16.5. The van der Waals surface area contributed by atoms with Crippen LogP contribution in [0.3, 0.4) is 0 Å². The molecule has 1 fully saturated rings. The Hall–Kier alpha value is -0.570. The van der Waals surface area contributed by atoms with Crippen molar-refractivity contribution in [3.05, 3.63) is 0 Å². The highest BCUT2D eigenvalue weighted by molar-refractivity contribution is 5.66. The largest absolute Gasteiger partial charge is 0.481 e. The first kappa shape index (κ1) is 9.52. The van der Waals surface area contributed by atoms with Crippen LogP contribution in [-0.2, 0) is 9.53 Å². The van der Waals surface area contributed by atoms with E-state index in [1.807, 2.05) is 0 Å². The van der Waals surface area contributed by atoms with Crippen molar-refractivity contribution in [1.82, 2.24) is 0 Å². The van der Waals surface area contributed by atoms with Gasteiger partial charge in [0.2, 0.25) is 0 Å². The van der Waals surface area contributed by atoms with Crippen molar-refractivity contribution in [2.45, 2.75) is 32.1 Å². The Morgan fingerprint density at radius 2 is 2.17 bits per heavy atom. The van der Waals surface area contributed by atoms with Gasteiger partial charge in [-0.05, 0) is 18.8 Å². The van der Waals surface area contributed by atoms with Gasteiger partial charge in [0.1, 0.15) is 0 Å². The molecule has 0 aliphatic heterocycles. The summed E-state index contributed by atoms with van der Waals surface area (Å²) >= 11 is 0. The number of hydrogen-bond donors (Lipinski definition) is 1. The second-order valence-electron chi connectivity index (χ2n) is 3.34. The van der Waals surface area contributed by atoms with E-state index in [1.54, 1.807) is 0 Å². The van der Waals surface area contributed by atoms with Crippen molar-refractivity contribution in [1.29, 1.82) is 0 Å². The first-order valence-electron chi connectivity index (χ1n) is 4.58. The van der Waals surface area contributed by atoms with Crippen molar-refractivity contribution >= 4 is 5.97 Å². The minimum Gasteiger partial charge on any atom is -0.481 e. The van der Waals surface area contributed by atoms with E-state index in [1.165, 1.54) is 12.8 Å². The molecule has 0 spiro atoms. The van der Waals surface area contributed by atoms with Crippen molar-refractivity contribution in [2.75, 3.05) is 13.2 Å². The fourth-order valence-corrected chi connectivity index (χ4v) is 1.08. The van der Waals surface area contributed by atoms with Gasteiger partial charge < -0.3 is 9.84 Å². The maximum Gasteiger partial charge on any atom is 0.303 e. The zero-order valence-corrected chi connectivity index (χ0v) is 7.29. The van der Waals surface area contributed by atoms with Crippen LogP contribution in [0.5, 0.6) is 0 Å². The second-order valence-corrected chi connectivity index (χ2v) is 3.34. The average molecular weight is 172 g/mol. The number of carboxylic acid groups (broad SMARTS) is 1. The van der Waals surface area contributed by atoms with Crippen LogP contribution in [0.2, 0.25) is 0 Å². The van der Waals surface area contributed by atoms with Crippen LogP contribution in [0.1, 0.15) is 32.1 Å². The van der Waals surface area contributed by atoms with E-state index in [9.17, 15) is 4.79 Å². The third kappa shape index (κ3) is 5.13. The van der Waals surface area contributed by atoms with Crippen molar-refractivity contribution < 1.29 is 14.6 Å². The smallest absolute Gasteiger partial charge is 0.303 e. The van der Waals surface area contributed by atoms with Crippen LogP contribution < -0.4 is 0 Å². The van der Waals surface area contributed by atoms with Gasteiger partial charge >= 0.3 is 5.97 Å².